The van der Waals surface area contributed by atoms with Crippen LogP contribution in [-0.4, -0.2) is 7.18 Å². The SMILES string of the molecule is CCc1c(C)c(C)c(CF)c(C)c1C.CF. The highest BCUT2D eigenvalue weighted by molar-refractivity contribution is 5.49. The molecule has 0 aliphatic carbocycles. The summed E-state index contributed by atoms with van der Waals surface area (Å²) >= 11 is 0. The van der Waals surface area contributed by atoms with Gasteiger partial charge in [-0.05, 0) is 67.5 Å². The zero-order chi connectivity index (χ0) is 12.9. The van der Waals surface area contributed by atoms with E-state index in [9.17, 15) is 8.78 Å². The van der Waals surface area contributed by atoms with E-state index in [-0.39, 0.29) is 6.67 Å². The van der Waals surface area contributed by atoms with E-state index in [4.69, 9.17) is 0 Å². The van der Waals surface area contributed by atoms with Gasteiger partial charge in [-0.1, -0.05) is 6.92 Å². The Bertz CT molecular complexity index is 290. The highest BCUT2D eigenvalue weighted by Crippen LogP contribution is 2.27. The molecule has 0 atom stereocenters. The first-order valence-corrected chi connectivity index (χ1v) is 5.56. The average Bonchev–Trinajstić information content (AvgIpc) is 2.31. The third-order valence-corrected chi connectivity index (χ3v) is 3.42. The number of rotatable bonds is 2. The number of benzene rings is 1. The number of alkyl halides is 2. The molecule has 0 aliphatic heterocycles. The Balaban J connectivity index is 0.00000106. The lowest BCUT2D eigenvalue weighted by Gasteiger charge is -2.18. The van der Waals surface area contributed by atoms with Gasteiger partial charge < -0.3 is 0 Å². The van der Waals surface area contributed by atoms with Gasteiger partial charge in [0.15, 0.2) is 0 Å². The Morgan fingerprint density at radius 3 is 1.31 bits per heavy atom. The van der Waals surface area contributed by atoms with E-state index in [2.05, 4.69) is 20.8 Å². The van der Waals surface area contributed by atoms with Crippen molar-refractivity contribution in [1.29, 1.82) is 0 Å². The maximum atomic E-state index is 12.8. The van der Waals surface area contributed by atoms with Crippen LogP contribution in [0.5, 0.6) is 0 Å². The minimum absolute atomic E-state index is 0.344. The lowest BCUT2D eigenvalue weighted by Crippen LogP contribution is -2.03. The summed E-state index contributed by atoms with van der Waals surface area (Å²) in [6, 6.07) is 0. The van der Waals surface area contributed by atoms with Gasteiger partial charge in [-0.3, -0.25) is 4.39 Å². The van der Waals surface area contributed by atoms with E-state index in [1.807, 2.05) is 13.8 Å². The van der Waals surface area contributed by atoms with Crippen molar-refractivity contribution in [2.24, 2.45) is 0 Å². The maximum absolute atomic E-state index is 12.8. The van der Waals surface area contributed by atoms with Crippen molar-refractivity contribution < 1.29 is 8.78 Å². The standard InChI is InChI=1S/C13H19F.CH3F/c1-6-12-8(2)10(4)13(7-14)11(5)9(12)3;1-2/h6-7H2,1-5H3;1H3. The third-order valence-electron chi connectivity index (χ3n) is 3.42. The van der Waals surface area contributed by atoms with E-state index in [0.717, 1.165) is 23.1 Å². The Morgan fingerprint density at radius 1 is 0.750 bits per heavy atom. The molecule has 2 heteroatoms. The van der Waals surface area contributed by atoms with Crippen LogP contribution in [0.25, 0.3) is 0 Å². The van der Waals surface area contributed by atoms with Crippen LogP contribution >= 0.6 is 0 Å². The molecule has 0 nitrogen and oxygen atoms in total. The van der Waals surface area contributed by atoms with Crippen LogP contribution in [-0.2, 0) is 13.1 Å². The van der Waals surface area contributed by atoms with E-state index < -0.39 is 0 Å². The minimum atomic E-state index is -0.344. The normalized spacial score (nSPS) is 9.75. The maximum Gasteiger partial charge on any atom is 0.115 e. The Hall–Kier alpha value is -0.920. The molecule has 0 aliphatic rings. The van der Waals surface area contributed by atoms with Gasteiger partial charge in [0, 0.05) is 0 Å². The first-order valence-electron chi connectivity index (χ1n) is 5.56. The second-order valence-electron chi connectivity index (χ2n) is 3.94. The molecule has 0 N–H and O–H groups in total. The molecule has 0 fully saturated rings. The predicted molar refractivity (Wildman–Crippen MR) is 66.6 cm³/mol. The van der Waals surface area contributed by atoms with Gasteiger partial charge >= 0.3 is 0 Å². The number of hydrogen-bond donors (Lipinski definition) is 0. The van der Waals surface area contributed by atoms with Crippen LogP contribution < -0.4 is 0 Å². The number of halogens is 2. The molecule has 1 rings (SSSR count). The summed E-state index contributed by atoms with van der Waals surface area (Å²) in [5, 5.41) is 0. The summed E-state index contributed by atoms with van der Waals surface area (Å²) < 4.78 is 22.3. The molecular weight excluding hydrogens is 206 g/mol. The highest BCUT2D eigenvalue weighted by Gasteiger charge is 2.12. The molecule has 1 aromatic carbocycles. The summed E-state index contributed by atoms with van der Waals surface area (Å²) in [6.07, 6.45) is 1.03. The fourth-order valence-electron chi connectivity index (χ4n) is 2.20. The zero-order valence-corrected chi connectivity index (χ0v) is 11.2. The van der Waals surface area contributed by atoms with E-state index in [0.29, 0.717) is 7.18 Å². The van der Waals surface area contributed by atoms with Gasteiger partial charge in [0.05, 0.1) is 7.18 Å². The fourth-order valence-corrected chi connectivity index (χ4v) is 2.20. The molecule has 0 spiro atoms. The molecule has 16 heavy (non-hydrogen) atoms. The van der Waals surface area contributed by atoms with Gasteiger partial charge in [0.1, 0.15) is 6.67 Å². The second kappa shape index (κ2) is 6.62. The molecular formula is C14H22F2. The second-order valence-corrected chi connectivity index (χ2v) is 3.94. The lowest BCUT2D eigenvalue weighted by molar-refractivity contribution is 0.481. The molecule has 0 bridgehead atoms. The van der Waals surface area contributed by atoms with Crippen molar-refractivity contribution in [2.45, 2.75) is 47.7 Å². The summed E-state index contributed by atoms with van der Waals surface area (Å²) in [4.78, 5) is 0. The quantitative estimate of drug-likeness (QED) is 0.697. The minimum Gasteiger partial charge on any atom is -0.255 e. The monoisotopic (exact) mass is 228 g/mol. The van der Waals surface area contributed by atoms with Crippen LogP contribution in [0.3, 0.4) is 0 Å². The first-order chi connectivity index (χ1) is 7.54. The van der Waals surface area contributed by atoms with Crippen molar-refractivity contribution >= 4 is 0 Å². The molecule has 0 saturated carbocycles. The van der Waals surface area contributed by atoms with Crippen LogP contribution in [0.15, 0.2) is 0 Å². The van der Waals surface area contributed by atoms with E-state index in [1.54, 1.807) is 0 Å². The molecule has 0 aromatic heterocycles. The largest absolute Gasteiger partial charge is 0.255 e. The molecule has 92 valence electrons. The smallest absolute Gasteiger partial charge is 0.115 e. The number of hydrogen-bond acceptors (Lipinski definition) is 0. The third kappa shape index (κ3) is 2.60. The van der Waals surface area contributed by atoms with Crippen molar-refractivity contribution in [1.82, 2.24) is 0 Å². The Kier molecular flexibility index (Phi) is 6.24. The Morgan fingerprint density at radius 2 is 1.06 bits per heavy atom. The van der Waals surface area contributed by atoms with Gasteiger partial charge in [-0.2, -0.15) is 0 Å². The van der Waals surface area contributed by atoms with Gasteiger partial charge in [0.25, 0.3) is 0 Å². The Labute approximate surface area is 97.7 Å². The molecule has 1 aromatic rings. The fraction of sp³-hybridized carbons (Fsp3) is 0.571. The van der Waals surface area contributed by atoms with Crippen molar-refractivity contribution in [2.75, 3.05) is 7.18 Å². The van der Waals surface area contributed by atoms with Crippen LogP contribution in [0, 0.1) is 27.7 Å². The van der Waals surface area contributed by atoms with Crippen molar-refractivity contribution in [3.8, 4) is 0 Å². The van der Waals surface area contributed by atoms with Crippen LogP contribution in [0.4, 0.5) is 8.78 Å². The van der Waals surface area contributed by atoms with Gasteiger partial charge in [-0.25, -0.2) is 4.39 Å². The van der Waals surface area contributed by atoms with Crippen LogP contribution in [0.2, 0.25) is 0 Å². The lowest BCUT2D eigenvalue weighted by atomic mass is 9.88. The van der Waals surface area contributed by atoms with Crippen molar-refractivity contribution in [3.63, 3.8) is 0 Å². The average molecular weight is 228 g/mol. The summed E-state index contributed by atoms with van der Waals surface area (Å²) in [5.74, 6) is 0. The van der Waals surface area contributed by atoms with E-state index in [1.165, 1.54) is 16.7 Å². The first kappa shape index (κ1) is 15.1. The molecule has 0 amide bonds. The molecule has 0 heterocycles. The topological polar surface area (TPSA) is 0 Å². The summed E-state index contributed by atoms with van der Waals surface area (Å²) in [5.41, 5.74) is 7.07. The predicted octanol–water partition coefficient (Wildman–Crippen LogP) is 4.54. The summed E-state index contributed by atoms with van der Waals surface area (Å²) in [6.45, 7) is 10.1. The summed E-state index contributed by atoms with van der Waals surface area (Å²) in [7, 11) is 0.500. The van der Waals surface area contributed by atoms with Crippen LogP contribution in [0.1, 0.15) is 40.3 Å². The van der Waals surface area contributed by atoms with Crippen molar-refractivity contribution in [3.05, 3.63) is 33.4 Å². The van der Waals surface area contributed by atoms with E-state index >= 15 is 0 Å². The van der Waals surface area contributed by atoms with Gasteiger partial charge in [0.2, 0.25) is 0 Å². The molecule has 0 saturated heterocycles. The zero-order valence-electron chi connectivity index (χ0n) is 11.2. The highest BCUT2D eigenvalue weighted by atomic mass is 19.1. The molecule has 0 radical (unpaired) electrons. The molecule has 0 unspecified atom stereocenters. The van der Waals surface area contributed by atoms with Gasteiger partial charge in [-0.15, -0.1) is 0 Å².